The number of nitrogens with zero attached hydrogens (tertiary/aromatic N) is 2. The van der Waals surface area contributed by atoms with Crippen molar-refractivity contribution in [2.75, 3.05) is 19.6 Å². The first-order chi connectivity index (χ1) is 9.56. The molecule has 0 radical (unpaired) electrons. The summed E-state index contributed by atoms with van der Waals surface area (Å²) < 4.78 is 1.38. The molecule has 1 fully saturated rings. The number of hydrogen-bond acceptors (Lipinski definition) is 4. The molecule has 0 aliphatic carbocycles. The minimum absolute atomic E-state index is 0.0886. The number of halogens is 2. The van der Waals surface area contributed by atoms with Crippen molar-refractivity contribution in [2.45, 2.75) is 12.8 Å². The van der Waals surface area contributed by atoms with Crippen LogP contribution < -0.4 is 5.43 Å². The van der Waals surface area contributed by atoms with E-state index in [4.69, 9.17) is 0 Å². The van der Waals surface area contributed by atoms with E-state index in [1.807, 2.05) is 0 Å². The molecule has 5 nitrogen and oxygen atoms in total. The van der Waals surface area contributed by atoms with Crippen molar-refractivity contribution in [2.24, 2.45) is 5.10 Å². The fourth-order valence-corrected chi connectivity index (χ4v) is 3.30. The Morgan fingerprint density at radius 1 is 1.40 bits per heavy atom. The van der Waals surface area contributed by atoms with Crippen LogP contribution in [0.2, 0.25) is 0 Å². The summed E-state index contributed by atoms with van der Waals surface area (Å²) in [7, 11) is 0. The summed E-state index contributed by atoms with van der Waals surface area (Å²) in [6.45, 7) is 2.30. The van der Waals surface area contributed by atoms with Crippen LogP contribution in [0.1, 0.15) is 18.4 Å². The number of aromatic hydroxyl groups is 1. The Morgan fingerprint density at radius 2 is 2.10 bits per heavy atom. The molecule has 0 spiro atoms. The minimum Gasteiger partial charge on any atom is -0.506 e. The highest BCUT2D eigenvalue weighted by molar-refractivity contribution is 9.11. The lowest BCUT2D eigenvalue weighted by molar-refractivity contribution is -0.121. The van der Waals surface area contributed by atoms with E-state index < -0.39 is 0 Å². The van der Waals surface area contributed by atoms with Gasteiger partial charge in [-0.3, -0.25) is 9.69 Å². The molecule has 1 heterocycles. The topological polar surface area (TPSA) is 64.9 Å². The fourth-order valence-electron chi connectivity index (χ4n) is 2.04. The molecule has 1 saturated heterocycles. The summed E-state index contributed by atoms with van der Waals surface area (Å²) in [6.07, 6.45) is 3.72. The number of carbonyl (C=O) groups is 1. The molecule has 0 atom stereocenters. The van der Waals surface area contributed by atoms with Gasteiger partial charge in [0, 0.05) is 10.0 Å². The van der Waals surface area contributed by atoms with Crippen LogP contribution in [0.4, 0.5) is 0 Å². The molecule has 0 unspecified atom stereocenters. The Morgan fingerprint density at radius 3 is 2.80 bits per heavy atom. The lowest BCUT2D eigenvalue weighted by atomic mass is 10.2. The maximum atomic E-state index is 11.7. The Labute approximate surface area is 134 Å². The van der Waals surface area contributed by atoms with Crippen molar-refractivity contribution in [1.29, 1.82) is 0 Å². The van der Waals surface area contributed by atoms with Crippen LogP contribution in [0.25, 0.3) is 0 Å². The summed E-state index contributed by atoms with van der Waals surface area (Å²) in [6, 6.07) is 3.45. The number of nitrogens with one attached hydrogen (secondary N) is 1. The summed E-state index contributed by atoms with van der Waals surface area (Å²) in [4.78, 5) is 13.8. The number of phenols is 1. The number of amides is 1. The van der Waals surface area contributed by atoms with Gasteiger partial charge >= 0.3 is 0 Å². The van der Waals surface area contributed by atoms with Crippen molar-refractivity contribution in [3.05, 3.63) is 26.6 Å². The zero-order valence-electron chi connectivity index (χ0n) is 10.8. The highest BCUT2D eigenvalue weighted by Crippen LogP contribution is 2.30. The van der Waals surface area contributed by atoms with E-state index in [0.29, 0.717) is 16.6 Å². The number of carbonyl (C=O) groups excluding carboxylic acids is 1. The summed E-state index contributed by atoms with van der Waals surface area (Å²) in [5, 5.41) is 13.7. The van der Waals surface area contributed by atoms with E-state index in [1.165, 1.54) is 6.21 Å². The highest BCUT2D eigenvalue weighted by atomic mass is 79.9. The van der Waals surface area contributed by atoms with Gasteiger partial charge in [0.2, 0.25) is 0 Å². The molecule has 7 heteroatoms. The summed E-state index contributed by atoms with van der Waals surface area (Å²) in [5.41, 5.74) is 2.99. The Hall–Kier alpha value is -0.920. The van der Waals surface area contributed by atoms with E-state index in [9.17, 15) is 9.90 Å². The van der Waals surface area contributed by atoms with Crippen LogP contribution in [0, 0.1) is 0 Å². The van der Waals surface area contributed by atoms with Crippen LogP contribution in [0.5, 0.6) is 5.75 Å². The molecule has 108 valence electrons. The summed E-state index contributed by atoms with van der Waals surface area (Å²) >= 11 is 6.57. The van der Waals surface area contributed by atoms with E-state index in [0.717, 1.165) is 30.4 Å². The van der Waals surface area contributed by atoms with Gasteiger partial charge in [-0.1, -0.05) is 15.9 Å². The van der Waals surface area contributed by atoms with Gasteiger partial charge in [-0.15, -0.1) is 0 Å². The average Bonchev–Trinajstić information content (AvgIpc) is 2.87. The fraction of sp³-hybridized carbons (Fsp3) is 0.385. The lowest BCUT2D eigenvalue weighted by Crippen LogP contribution is -2.33. The SMILES string of the molecule is O=C(CN1CCCC1)N/N=C/c1cc(Br)cc(Br)c1O. The monoisotopic (exact) mass is 403 g/mol. The van der Waals surface area contributed by atoms with E-state index in [1.54, 1.807) is 12.1 Å². The lowest BCUT2D eigenvalue weighted by Gasteiger charge is -2.12. The van der Waals surface area contributed by atoms with E-state index in [-0.39, 0.29) is 11.7 Å². The Bertz CT molecular complexity index is 529. The Kier molecular flexibility index (Phi) is 5.56. The smallest absolute Gasteiger partial charge is 0.254 e. The molecule has 1 amide bonds. The molecule has 20 heavy (non-hydrogen) atoms. The number of hydrogen-bond donors (Lipinski definition) is 2. The van der Waals surface area contributed by atoms with Gasteiger partial charge < -0.3 is 5.11 Å². The van der Waals surface area contributed by atoms with Gasteiger partial charge in [0.05, 0.1) is 17.2 Å². The molecule has 2 N–H and O–H groups in total. The molecule has 0 bridgehead atoms. The maximum absolute atomic E-state index is 11.7. The predicted octanol–water partition coefficient (Wildman–Crippen LogP) is 2.46. The third-order valence-electron chi connectivity index (χ3n) is 3.02. The van der Waals surface area contributed by atoms with Gasteiger partial charge in [0.1, 0.15) is 5.75 Å². The van der Waals surface area contributed by atoms with Crippen LogP contribution in [0.3, 0.4) is 0 Å². The number of rotatable bonds is 4. The maximum Gasteiger partial charge on any atom is 0.254 e. The molecule has 0 saturated carbocycles. The molecule has 1 aliphatic heterocycles. The van der Waals surface area contributed by atoms with Crippen molar-refractivity contribution < 1.29 is 9.90 Å². The molecule has 1 aliphatic rings. The first-order valence-electron chi connectivity index (χ1n) is 6.28. The molecule has 1 aromatic rings. The van der Waals surface area contributed by atoms with Crippen molar-refractivity contribution >= 4 is 44.0 Å². The van der Waals surface area contributed by atoms with Gasteiger partial charge in [0.15, 0.2) is 0 Å². The summed E-state index contributed by atoms with van der Waals surface area (Å²) in [5.74, 6) is -0.0533. The van der Waals surface area contributed by atoms with Crippen molar-refractivity contribution in [3.8, 4) is 5.75 Å². The number of phenolic OH excluding ortho intramolecular Hbond substituents is 1. The zero-order chi connectivity index (χ0) is 14.5. The third-order valence-corrected chi connectivity index (χ3v) is 4.08. The molecular formula is C13H15Br2N3O2. The second kappa shape index (κ2) is 7.19. The van der Waals surface area contributed by atoms with Gasteiger partial charge in [-0.2, -0.15) is 5.10 Å². The van der Waals surface area contributed by atoms with Crippen LogP contribution in [0.15, 0.2) is 26.2 Å². The zero-order valence-corrected chi connectivity index (χ0v) is 13.9. The van der Waals surface area contributed by atoms with Crippen LogP contribution in [-0.2, 0) is 4.79 Å². The van der Waals surface area contributed by atoms with Gasteiger partial charge in [0.25, 0.3) is 5.91 Å². The normalized spacial score (nSPS) is 15.9. The molecule has 2 rings (SSSR count). The second-order valence-corrected chi connectivity index (χ2v) is 6.37. The van der Waals surface area contributed by atoms with E-state index >= 15 is 0 Å². The molecule has 1 aromatic carbocycles. The number of likely N-dealkylation sites (tertiary alicyclic amines) is 1. The van der Waals surface area contributed by atoms with Crippen molar-refractivity contribution in [1.82, 2.24) is 10.3 Å². The predicted molar refractivity (Wildman–Crippen MR) is 84.9 cm³/mol. The highest BCUT2D eigenvalue weighted by Gasteiger charge is 2.14. The second-order valence-electron chi connectivity index (χ2n) is 4.60. The van der Waals surface area contributed by atoms with Gasteiger partial charge in [-0.05, 0) is 54.0 Å². The van der Waals surface area contributed by atoms with Crippen molar-refractivity contribution in [3.63, 3.8) is 0 Å². The standard InChI is InChI=1S/C13H15Br2N3O2/c14-10-5-9(13(20)11(15)6-10)7-16-17-12(19)8-18-3-1-2-4-18/h5-7,20H,1-4,8H2,(H,17,19)/b16-7+. The van der Waals surface area contributed by atoms with Gasteiger partial charge in [-0.25, -0.2) is 5.43 Å². The largest absolute Gasteiger partial charge is 0.506 e. The van der Waals surface area contributed by atoms with Crippen LogP contribution in [-0.4, -0.2) is 41.8 Å². The first kappa shape index (κ1) is 15.5. The molecule has 0 aromatic heterocycles. The van der Waals surface area contributed by atoms with Crippen LogP contribution >= 0.6 is 31.9 Å². The Balaban J connectivity index is 1.91. The quantitative estimate of drug-likeness (QED) is 0.598. The molecular weight excluding hydrogens is 390 g/mol. The van der Waals surface area contributed by atoms with E-state index in [2.05, 4.69) is 47.3 Å². The number of hydrazone groups is 1. The minimum atomic E-state index is -0.142. The number of benzene rings is 1. The third kappa shape index (κ3) is 4.29. The first-order valence-corrected chi connectivity index (χ1v) is 7.87. The average molecular weight is 405 g/mol.